The Morgan fingerprint density at radius 3 is 2.93 bits per heavy atom. The molecule has 1 aromatic heterocycles. The summed E-state index contributed by atoms with van der Waals surface area (Å²) in [5.41, 5.74) is 1.14. The first kappa shape index (κ1) is 10.6. The molecule has 0 spiro atoms. The summed E-state index contributed by atoms with van der Waals surface area (Å²) < 4.78 is 0. The summed E-state index contributed by atoms with van der Waals surface area (Å²) in [7, 11) is 0. The van der Waals surface area contributed by atoms with E-state index in [-0.39, 0.29) is 0 Å². The van der Waals surface area contributed by atoms with Gasteiger partial charge in [0.05, 0.1) is 5.69 Å². The molecule has 1 heterocycles. The van der Waals surface area contributed by atoms with Crippen molar-refractivity contribution in [2.75, 3.05) is 6.54 Å². The van der Waals surface area contributed by atoms with E-state index in [0.29, 0.717) is 6.04 Å². The Morgan fingerprint density at radius 1 is 1.47 bits per heavy atom. The van der Waals surface area contributed by atoms with E-state index in [4.69, 9.17) is 0 Å². The molecule has 1 aliphatic rings. The molecule has 1 fully saturated rings. The van der Waals surface area contributed by atoms with Crippen molar-refractivity contribution in [3.63, 3.8) is 0 Å². The van der Waals surface area contributed by atoms with Crippen molar-refractivity contribution >= 4 is 0 Å². The van der Waals surface area contributed by atoms with Crippen LogP contribution in [0.5, 0.6) is 0 Å². The molecule has 0 aliphatic heterocycles. The summed E-state index contributed by atoms with van der Waals surface area (Å²) in [6, 6.07) is 6.48. The zero-order valence-corrected chi connectivity index (χ0v) is 9.45. The van der Waals surface area contributed by atoms with Crippen LogP contribution < -0.4 is 5.32 Å². The van der Waals surface area contributed by atoms with Crippen LogP contribution in [0.4, 0.5) is 0 Å². The number of hydrogen-bond donors (Lipinski definition) is 1. The van der Waals surface area contributed by atoms with Crippen LogP contribution in [0, 0.1) is 5.92 Å². The molecule has 0 aromatic carbocycles. The van der Waals surface area contributed by atoms with Gasteiger partial charge in [0, 0.05) is 12.2 Å². The minimum Gasteiger partial charge on any atom is -0.309 e. The fourth-order valence-corrected chi connectivity index (χ4v) is 2.02. The van der Waals surface area contributed by atoms with Crippen molar-refractivity contribution < 1.29 is 0 Å². The Morgan fingerprint density at radius 2 is 2.33 bits per heavy atom. The van der Waals surface area contributed by atoms with E-state index < -0.39 is 0 Å². The summed E-state index contributed by atoms with van der Waals surface area (Å²) in [5.74, 6) is 0.994. The fourth-order valence-electron chi connectivity index (χ4n) is 2.02. The van der Waals surface area contributed by atoms with Crippen LogP contribution >= 0.6 is 0 Å². The molecule has 1 atom stereocenters. The maximum atomic E-state index is 4.35. The Balaban J connectivity index is 1.70. The molecule has 1 N–H and O–H groups in total. The smallest absolute Gasteiger partial charge is 0.0570 e. The van der Waals surface area contributed by atoms with Crippen LogP contribution in [0.15, 0.2) is 24.4 Å². The number of nitrogens with one attached hydrogen (secondary N) is 1. The lowest BCUT2D eigenvalue weighted by atomic mass is 9.83. The van der Waals surface area contributed by atoms with Gasteiger partial charge in [-0.25, -0.2) is 0 Å². The number of pyridine rings is 1. The van der Waals surface area contributed by atoms with Gasteiger partial charge < -0.3 is 5.32 Å². The molecule has 1 aromatic rings. The number of aromatic nitrogens is 1. The number of hydrogen-bond acceptors (Lipinski definition) is 2. The zero-order chi connectivity index (χ0) is 10.5. The van der Waals surface area contributed by atoms with Crippen LogP contribution in [0.1, 0.15) is 44.3 Å². The van der Waals surface area contributed by atoms with Gasteiger partial charge in [0.1, 0.15) is 0 Å². The van der Waals surface area contributed by atoms with Gasteiger partial charge in [-0.2, -0.15) is 0 Å². The molecule has 1 saturated carbocycles. The molecule has 2 heteroatoms. The highest BCUT2D eigenvalue weighted by atomic mass is 14.9. The van der Waals surface area contributed by atoms with Gasteiger partial charge in [-0.15, -0.1) is 0 Å². The van der Waals surface area contributed by atoms with Gasteiger partial charge in [-0.3, -0.25) is 4.98 Å². The highest BCUT2D eigenvalue weighted by Gasteiger charge is 2.16. The lowest BCUT2D eigenvalue weighted by Crippen LogP contribution is -2.24. The van der Waals surface area contributed by atoms with E-state index in [1.165, 1.54) is 25.7 Å². The second kappa shape index (κ2) is 5.26. The van der Waals surface area contributed by atoms with E-state index in [1.54, 1.807) is 0 Å². The van der Waals surface area contributed by atoms with Gasteiger partial charge in [0.2, 0.25) is 0 Å². The minimum absolute atomic E-state index is 0.381. The van der Waals surface area contributed by atoms with Crippen LogP contribution in [0.25, 0.3) is 0 Å². The molecule has 0 bridgehead atoms. The van der Waals surface area contributed by atoms with E-state index in [0.717, 1.165) is 18.2 Å². The predicted molar refractivity (Wildman–Crippen MR) is 62.6 cm³/mol. The van der Waals surface area contributed by atoms with Crippen molar-refractivity contribution in [3.05, 3.63) is 30.1 Å². The van der Waals surface area contributed by atoms with Crippen LogP contribution in [-0.4, -0.2) is 11.5 Å². The van der Waals surface area contributed by atoms with Crippen LogP contribution in [0.2, 0.25) is 0 Å². The number of rotatable bonds is 5. The molecule has 0 saturated heterocycles. The molecule has 82 valence electrons. The second-order valence-corrected chi connectivity index (χ2v) is 4.52. The van der Waals surface area contributed by atoms with E-state index in [2.05, 4.69) is 23.3 Å². The Hall–Kier alpha value is -0.890. The molecule has 1 aliphatic carbocycles. The third-order valence-corrected chi connectivity index (χ3v) is 3.36. The maximum Gasteiger partial charge on any atom is 0.0570 e. The number of nitrogens with zero attached hydrogens (tertiary/aromatic N) is 1. The van der Waals surface area contributed by atoms with E-state index in [1.807, 2.05) is 18.3 Å². The summed E-state index contributed by atoms with van der Waals surface area (Å²) in [5, 5.41) is 3.54. The molecule has 1 unspecified atom stereocenters. The first-order chi connectivity index (χ1) is 7.36. The quantitative estimate of drug-likeness (QED) is 0.797. The third-order valence-electron chi connectivity index (χ3n) is 3.36. The first-order valence-corrected chi connectivity index (χ1v) is 6.00. The average Bonchev–Trinajstić information content (AvgIpc) is 2.23. The predicted octanol–water partition coefficient (Wildman–Crippen LogP) is 2.92. The normalized spacial score (nSPS) is 18.5. The summed E-state index contributed by atoms with van der Waals surface area (Å²) in [6.45, 7) is 3.31. The molecular formula is C13H20N2. The van der Waals surface area contributed by atoms with E-state index >= 15 is 0 Å². The largest absolute Gasteiger partial charge is 0.309 e. The van der Waals surface area contributed by atoms with Gasteiger partial charge in [-0.05, 0) is 37.9 Å². The molecular weight excluding hydrogens is 184 g/mol. The van der Waals surface area contributed by atoms with E-state index in [9.17, 15) is 0 Å². The third kappa shape index (κ3) is 3.03. The van der Waals surface area contributed by atoms with Gasteiger partial charge in [-0.1, -0.05) is 25.3 Å². The Labute approximate surface area is 92.1 Å². The van der Waals surface area contributed by atoms with Crippen LogP contribution in [0.3, 0.4) is 0 Å². The SMILES string of the molecule is CC(NCCC1CCC1)c1ccccn1. The molecule has 0 radical (unpaired) electrons. The first-order valence-electron chi connectivity index (χ1n) is 6.00. The lowest BCUT2D eigenvalue weighted by Gasteiger charge is -2.26. The highest BCUT2D eigenvalue weighted by Crippen LogP contribution is 2.28. The summed E-state index contributed by atoms with van der Waals surface area (Å²) in [6.07, 6.45) is 7.52. The molecule has 2 nitrogen and oxygen atoms in total. The standard InChI is InChI=1S/C13H20N2/c1-11(13-7-2-3-9-15-13)14-10-8-12-5-4-6-12/h2-3,7,9,11-12,14H,4-6,8,10H2,1H3. The van der Waals surface area contributed by atoms with Crippen molar-refractivity contribution in [2.45, 2.75) is 38.6 Å². The van der Waals surface area contributed by atoms with Crippen LogP contribution in [-0.2, 0) is 0 Å². The second-order valence-electron chi connectivity index (χ2n) is 4.52. The Kier molecular flexibility index (Phi) is 3.73. The fraction of sp³-hybridized carbons (Fsp3) is 0.615. The van der Waals surface area contributed by atoms with Crippen molar-refractivity contribution in [3.8, 4) is 0 Å². The summed E-state index contributed by atoms with van der Waals surface area (Å²) >= 11 is 0. The van der Waals surface area contributed by atoms with Crippen molar-refractivity contribution in [1.29, 1.82) is 0 Å². The topological polar surface area (TPSA) is 24.9 Å². The van der Waals surface area contributed by atoms with Gasteiger partial charge in [0.25, 0.3) is 0 Å². The molecule has 2 rings (SSSR count). The van der Waals surface area contributed by atoms with Gasteiger partial charge >= 0.3 is 0 Å². The highest BCUT2D eigenvalue weighted by molar-refractivity contribution is 5.07. The minimum atomic E-state index is 0.381. The summed E-state index contributed by atoms with van der Waals surface area (Å²) in [4.78, 5) is 4.35. The lowest BCUT2D eigenvalue weighted by molar-refractivity contribution is 0.288. The monoisotopic (exact) mass is 204 g/mol. The van der Waals surface area contributed by atoms with Crippen molar-refractivity contribution in [1.82, 2.24) is 10.3 Å². The maximum absolute atomic E-state index is 4.35. The average molecular weight is 204 g/mol. The molecule has 0 amide bonds. The molecule has 15 heavy (non-hydrogen) atoms. The van der Waals surface area contributed by atoms with Crippen molar-refractivity contribution in [2.24, 2.45) is 5.92 Å². The Bertz CT molecular complexity index is 280. The van der Waals surface area contributed by atoms with Gasteiger partial charge in [0.15, 0.2) is 0 Å². The zero-order valence-electron chi connectivity index (χ0n) is 9.45.